The molecule has 0 spiro atoms. The molecule has 4 aromatic rings. The van der Waals surface area contributed by atoms with Gasteiger partial charge in [0.1, 0.15) is 24.3 Å². The zero-order valence-corrected chi connectivity index (χ0v) is 13.9. The van der Waals surface area contributed by atoms with E-state index in [0.717, 1.165) is 54.7 Å². The molecular formula is C16H16N10. The van der Waals surface area contributed by atoms with Crippen molar-refractivity contribution >= 4 is 22.7 Å². The number of aromatic nitrogens is 8. The summed E-state index contributed by atoms with van der Waals surface area (Å²) in [5.74, 6) is 2.59. The average Bonchev–Trinajstić information content (AvgIpc) is 3.40. The third-order valence-corrected chi connectivity index (χ3v) is 4.51. The van der Waals surface area contributed by atoms with Crippen molar-refractivity contribution in [2.75, 3.05) is 36.0 Å². The first-order chi connectivity index (χ1) is 12.9. The first-order valence-electron chi connectivity index (χ1n) is 8.34. The van der Waals surface area contributed by atoms with E-state index < -0.39 is 0 Å². The van der Waals surface area contributed by atoms with E-state index in [1.807, 2.05) is 18.3 Å². The molecule has 0 amide bonds. The Morgan fingerprint density at radius 2 is 1.69 bits per heavy atom. The number of piperazine rings is 1. The van der Waals surface area contributed by atoms with Crippen LogP contribution in [0.3, 0.4) is 0 Å². The van der Waals surface area contributed by atoms with Crippen LogP contribution in [0.4, 0.5) is 11.6 Å². The highest BCUT2D eigenvalue weighted by Gasteiger charge is 2.21. The molecule has 1 N–H and O–H groups in total. The van der Waals surface area contributed by atoms with Gasteiger partial charge in [-0.15, -0.1) is 0 Å². The summed E-state index contributed by atoms with van der Waals surface area (Å²) >= 11 is 0. The van der Waals surface area contributed by atoms with Crippen LogP contribution in [0.25, 0.3) is 16.9 Å². The second-order valence-corrected chi connectivity index (χ2v) is 5.99. The Morgan fingerprint density at radius 3 is 2.54 bits per heavy atom. The van der Waals surface area contributed by atoms with E-state index in [1.165, 1.54) is 0 Å². The molecule has 1 saturated heterocycles. The molecule has 0 bridgehead atoms. The number of hydrogen-bond acceptors (Lipinski definition) is 8. The van der Waals surface area contributed by atoms with Gasteiger partial charge in [-0.2, -0.15) is 10.2 Å². The van der Waals surface area contributed by atoms with Gasteiger partial charge in [0.05, 0.1) is 11.6 Å². The fourth-order valence-corrected chi connectivity index (χ4v) is 3.19. The molecule has 0 aliphatic carbocycles. The SMILES string of the molecule is c1cnn(-c2cc(N3CCN(c4ncnc5[nH]ncc45)CC3)ncn2)c1. The second kappa shape index (κ2) is 6.06. The molecule has 4 aromatic heterocycles. The minimum absolute atomic E-state index is 0.761. The number of nitrogens with zero attached hydrogens (tertiary/aromatic N) is 9. The highest BCUT2D eigenvalue weighted by Crippen LogP contribution is 2.23. The number of aromatic amines is 1. The van der Waals surface area contributed by atoms with E-state index in [-0.39, 0.29) is 0 Å². The van der Waals surface area contributed by atoms with Gasteiger partial charge in [0.2, 0.25) is 0 Å². The third-order valence-electron chi connectivity index (χ3n) is 4.51. The zero-order chi connectivity index (χ0) is 17.3. The van der Waals surface area contributed by atoms with E-state index in [0.29, 0.717) is 0 Å². The van der Waals surface area contributed by atoms with Crippen LogP contribution < -0.4 is 9.80 Å². The fraction of sp³-hybridized carbons (Fsp3) is 0.250. The Kier molecular flexibility index (Phi) is 3.44. The van der Waals surface area contributed by atoms with Crippen LogP contribution in [0.1, 0.15) is 0 Å². The third kappa shape index (κ3) is 2.51. The quantitative estimate of drug-likeness (QED) is 0.576. The van der Waals surface area contributed by atoms with Gasteiger partial charge in [0, 0.05) is 44.6 Å². The second-order valence-electron chi connectivity index (χ2n) is 5.99. The highest BCUT2D eigenvalue weighted by atomic mass is 15.3. The number of hydrogen-bond donors (Lipinski definition) is 1. The lowest BCUT2D eigenvalue weighted by Gasteiger charge is -2.36. The average molecular weight is 348 g/mol. The van der Waals surface area contributed by atoms with Gasteiger partial charge in [-0.1, -0.05) is 0 Å². The summed E-state index contributed by atoms with van der Waals surface area (Å²) in [6, 6.07) is 3.83. The maximum atomic E-state index is 4.45. The monoisotopic (exact) mass is 348 g/mol. The van der Waals surface area contributed by atoms with E-state index in [4.69, 9.17) is 0 Å². The van der Waals surface area contributed by atoms with Crippen LogP contribution in [-0.4, -0.2) is 66.1 Å². The van der Waals surface area contributed by atoms with Gasteiger partial charge < -0.3 is 9.80 Å². The Bertz CT molecular complexity index is 1020. The van der Waals surface area contributed by atoms with Crippen LogP contribution >= 0.6 is 0 Å². The Hall–Kier alpha value is -3.56. The maximum Gasteiger partial charge on any atom is 0.160 e. The Balaban J connectivity index is 1.35. The van der Waals surface area contributed by atoms with Crippen molar-refractivity contribution in [1.29, 1.82) is 0 Å². The van der Waals surface area contributed by atoms with Crippen molar-refractivity contribution in [2.24, 2.45) is 0 Å². The number of fused-ring (bicyclic) bond motifs is 1. The summed E-state index contributed by atoms with van der Waals surface area (Å²) < 4.78 is 1.73. The molecule has 0 radical (unpaired) electrons. The molecule has 1 aliphatic rings. The van der Waals surface area contributed by atoms with Gasteiger partial charge in [-0.05, 0) is 6.07 Å². The molecule has 0 unspecified atom stereocenters. The lowest BCUT2D eigenvalue weighted by atomic mass is 10.2. The molecule has 0 saturated carbocycles. The van der Waals surface area contributed by atoms with Gasteiger partial charge in [-0.25, -0.2) is 24.6 Å². The van der Waals surface area contributed by atoms with Crippen molar-refractivity contribution < 1.29 is 0 Å². The summed E-state index contributed by atoms with van der Waals surface area (Å²) in [7, 11) is 0. The molecular weight excluding hydrogens is 332 g/mol. The van der Waals surface area contributed by atoms with Crippen molar-refractivity contribution in [3.63, 3.8) is 0 Å². The van der Waals surface area contributed by atoms with Crippen molar-refractivity contribution in [3.8, 4) is 5.82 Å². The van der Waals surface area contributed by atoms with E-state index in [2.05, 4.69) is 45.0 Å². The predicted octanol–water partition coefficient (Wildman–Crippen LogP) is 0.655. The number of nitrogens with one attached hydrogen (secondary N) is 1. The van der Waals surface area contributed by atoms with Crippen LogP contribution in [-0.2, 0) is 0 Å². The minimum atomic E-state index is 0.761. The van der Waals surface area contributed by atoms with Crippen molar-refractivity contribution in [3.05, 3.63) is 43.4 Å². The molecule has 10 heteroatoms. The van der Waals surface area contributed by atoms with E-state index in [1.54, 1.807) is 29.7 Å². The topological polar surface area (TPSA) is 105 Å². The Labute approximate surface area is 148 Å². The van der Waals surface area contributed by atoms with Gasteiger partial charge in [0.25, 0.3) is 0 Å². The normalized spacial score (nSPS) is 14.9. The molecule has 0 aromatic carbocycles. The van der Waals surface area contributed by atoms with E-state index >= 15 is 0 Å². The van der Waals surface area contributed by atoms with Crippen LogP contribution in [0.15, 0.2) is 43.4 Å². The first-order valence-corrected chi connectivity index (χ1v) is 8.34. The number of anilines is 2. The fourth-order valence-electron chi connectivity index (χ4n) is 3.19. The first kappa shape index (κ1) is 14.8. The molecule has 1 fully saturated rings. The summed E-state index contributed by atoms with van der Waals surface area (Å²) in [4.78, 5) is 21.9. The van der Waals surface area contributed by atoms with Crippen molar-refractivity contribution in [2.45, 2.75) is 0 Å². The highest BCUT2D eigenvalue weighted by molar-refractivity contribution is 5.86. The molecule has 130 valence electrons. The van der Waals surface area contributed by atoms with Gasteiger partial charge in [0.15, 0.2) is 11.5 Å². The predicted molar refractivity (Wildman–Crippen MR) is 95.3 cm³/mol. The van der Waals surface area contributed by atoms with Gasteiger partial charge in [-0.3, -0.25) is 5.10 Å². The summed E-state index contributed by atoms with van der Waals surface area (Å²) in [6.45, 7) is 3.38. The molecule has 1 aliphatic heterocycles. The standard InChI is InChI=1S/C16H16N10/c1-2-22-26(3-1)14-8-13(17-10-18-14)24-4-6-25(7-5-24)16-12-9-21-23-15(12)19-11-20-16/h1-3,8-11H,4-7H2,(H,19,20,21,23). The minimum Gasteiger partial charge on any atom is -0.353 e. The molecule has 5 rings (SSSR count). The number of H-pyrrole nitrogens is 1. The van der Waals surface area contributed by atoms with Crippen LogP contribution in [0.2, 0.25) is 0 Å². The van der Waals surface area contributed by atoms with Crippen molar-refractivity contribution in [1.82, 2.24) is 39.9 Å². The zero-order valence-electron chi connectivity index (χ0n) is 13.9. The van der Waals surface area contributed by atoms with Crippen LogP contribution in [0.5, 0.6) is 0 Å². The summed E-state index contributed by atoms with van der Waals surface area (Å²) in [6.07, 6.45) is 8.53. The largest absolute Gasteiger partial charge is 0.353 e. The van der Waals surface area contributed by atoms with Gasteiger partial charge >= 0.3 is 0 Å². The summed E-state index contributed by atoms with van der Waals surface area (Å²) in [5.41, 5.74) is 0.761. The lowest BCUT2D eigenvalue weighted by molar-refractivity contribution is 0.641. The summed E-state index contributed by atoms with van der Waals surface area (Å²) in [5, 5.41) is 12.1. The van der Waals surface area contributed by atoms with E-state index in [9.17, 15) is 0 Å². The molecule has 0 atom stereocenters. The molecule has 5 heterocycles. The number of rotatable bonds is 3. The molecule has 10 nitrogen and oxygen atoms in total. The Morgan fingerprint density at radius 1 is 0.885 bits per heavy atom. The smallest absolute Gasteiger partial charge is 0.160 e. The van der Waals surface area contributed by atoms with Crippen LogP contribution in [0, 0.1) is 0 Å². The maximum absolute atomic E-state index is 4.45. The lowest BCUT2D eigenvalue weighted by Crippen LogP contribution is -2.47. The molecule has 26 heavy (non-hydrogen) atoms.